The number of aliphatic hydroxyl groups is 1. The number of guanidine groups is 1. The second-order valence-corrected chi connectivity index (χ2v) is 6.04. The number of nitrogens with one attached hydrogen (secondary N) is 1. The summed E-state index contributed by atoms with van der Waals surface area (Å²) in [4.78, 5) is 6.64. The summed E-state index contributed by atoms with van der Waals surface area (Å²) < 4.78 is 14.5. The van der Waals surface area contributed by atoms with Crippen LogP contribution in [-0.2, 0) is 6.54 Å². The van der Waals surface area contributed by atoms with Crippen LogP contribution in [0.4, 0.5) is 4.39 Å². The fourth-order valence-electron chi connectivity index (χ4n) is 2.31. The Labute approximate surface area is 133 Å². The molecule has 0 saturated carbocycles. The van der Waals surface area contributed by atoms with Gasteiger partial charge in [-0.15, -0.1) is 0 Å². The monoisotopic (exact) mass is 357 g/mol. The van der Waals surface area contributed by atoms with Crippen molar-refractivity contribution in [1.29, 1.82) is 0 Å². The average molecular weight is 358 g/mol. The SMILES string of the molecule is CCNC(=NCc1ccc(Br)cc1F)N1CCC(O)CC1. The van der Waals surface area contributed by atoms with Crippen LogP contribution < -0.4 is 5.32 Å². The van der Waals surface area contributed by atoms with Crippen LogP contribution >= 0.6 is 15.9 Å². The van der Waals surface area contributed by atoms with Crippen LogP contribution in [0.25, 0.3) is 0 Å². The third-order valence-corrected chi connectivity index (χ3v) is 4.01. The van der Waals surface area contributed by atoms with Crippen LogP contribution in [0.3, 0.4) is 0 Å². The molecule has 2 N–H and O–H groups in total. The van der Waals surface area contributed by atoms with E-state index in [2.05, 4.69) is 31.1 Å². The van der Waals surface area contributed by atoms with Gasteiger partial charge in [0.05, 0.1) is 12.6 Å². The van der Waals surface area contributed by atoms with E-state index in [1.165, 1.54) is 6.07 Å². The van der Waals surface area contributed by atoms with Crippen molar-refractivity contribution in [3.05, 3.63) is 34.1 Å². The Balaban J connectivity index is 2.06. The molecule has 0 aliphatic carbocycles. The predicted molar refractivity (Wildman–Crippen MR) is 85.7 cm³/mol. The molecule has 1 aromatic rings. The highest BCUT2D eigenvalue weighted by molar-refractivity contribution is 9.10. The molecule has 4 nitrogen and oxygen atoms in total. The zero-order valence-electron chi connectivity index (χ0n) is 12.1. The number of aliphatic hydroxyl groups excluding tert-OH is 1. The number of piperidine rings is 1. The van der Waals surface area contributed by atoms with Crippen molar-refractivity contribution in [3.8, 4) is 0 Å². The normalized spacial score (nSPS) is 17.1. The average Bonchev–Trinajstić information content (AvgIpc) is 2.46. The number of likely N-dealkylation sites (tertiary alicyclic amines) is 1. The summed E-state index contributed by atoms with van der Waals surface area (Å²) in [6.45, 7) is 4.63. The molecule has 2 rings (SSSR count). The number of aliphatic imine (C=N–C) groups is 1. The van der Waals surface area contributed by atoms with Crippen molar-refractivity contribution in [2.75, 3.05) is 19.6 Å². The topological polar surface area (TPSA) is 47.9 Å². The highest BCUT2D eigenvalue weighted by Gasteiger charge is 2.19. The molecule has 116 valence electrons. The van der Waals surface area contributed by atoms with E-state index in [0.717, 1.165) is 42.9 Å². The summed E-state index contributed by atoms with van der Waals surface area (Å²) in [5.74, 6) is 0.532. The van der Waals surface area contributed by atoms with E-state index in [9.17, 15) is 9.50 Å². The molecule has 1 aliphatic heterocycles. The number of nitrogens with zero attached hydrogens (tertiary/aromatic N) is 2. The molecule has 0 bridgehead atoms. The van der Waals surface area contributed by atoms with Gasteiger partial charge in [-0.2, -0.15) is 0 Å². The lowest BCUT2D eigenvalue weighted by Crippen LogP contribution is -2.46. The summed E-state index contributed by atoms with van der Waals surface area (Å²) in [7, 11) is 0. The minimum absolute atomic E-state index is 0.215. The molecule has 21 heavy (non-hydrogen) atoms. The van der Waals surface area contributed by atoms with Gasteiger partial charge >= 0.3 is 0 Å². The van der Waals surface area contributed by atoms with Gasteiger partial charge in [-0.25, -0.2) is 9.38 Å². The van der Waals surface area contributed by atoms with Crippen molar-refractivity contribution >= 4 is 21.9 Å². The zero-order chi connectivity index (χ0) is 15.2. The number of rotatable bonds is 3. The highest BCUT2D eigenvalue weighted by Crippen LogP contribution is 2.16. The quantitative estimate of drug-likeness (QED) is 0.645. The van der Waals surface area contributed by atoms with Crippen LogP contribution in [0.5, 0.6) is 0 Å². The summed E-state index contributed by atoms with van der Waals surface area (Å²) in [6.07, 6.45) is 1.28. The molecular formula is C15H21BrFN3O. The van der Waals surface area contributed by atoms with E-state index >= 15 is 0 Å². The largest absolute Gasteiger partial charge is 0.393 e. The number of hydrogen-bond donors (Lipinski definition) is 2. The fraction of sp³-hybridized carbons (Fsp3) is 0.533. The highest BCUT2D eigenvalue weighted by atomic mass is 79.9. The van der Waals surface area contributed by atoms with Gasteiger partial charge in [-0.05, 0) is 31.9 Å². The molecule has 0 atom stereocenters. The Morgan fingerprint density at radius 3 is 2.81 bits per heavy atom. The molecule has 1 aliphatic rings. The van der Waals surface area contributed by atoms with Crippen LogP contribution in [0.15, 0.2) is 27.7 Å². The van der Waals surface area contributed by atoms with Crippen molar-refractivity contribution < 1.29 is 9.50 Å². The van der Waals surface area contributed by atoms with Gasteiger partial charge in [0.2, 0.25) is 0 Å². The smallest absolute Gasteiger partial charge is 0.194 e. The molecule has 1 heterocycles. The lowest BCUT2D eigenvalue weighted by Gasteiger charge is -2.32. The van der Waals surface area contributed by atoms with E-state index in [1.807, 2.05) is 13.0 Å². The maximum atomic E-state index is 13.8. The Morgan fingerprint density at radius 1 is 1.48 bits per heavy atom. The Morgan fingerprint density at radius 2 is 2.19 bits per heavy atom. The van der Waals surface area contributed by atoms with Crippen molar-refractivity contribution in [2.24, 2.45) is 4.99 Å². The van der Waals surface area contributed by atoms with Gasteiger partial charge in [0, 0.05) is 29.7 Å². The van der Waals surface area contributed by atoms with Crippen molar-refractivity contribution in [2.45, 2.75) is 32.4 Å². The minimum atomic E-state index is -0.252. The molecule has 1 aromatic carbocycles. The summed E-state index contributed by atoms with van der Waals surface area (Å²) in [6, 6.07) is 5.01. The van der Waals surface area contributed by atoms with E-state index < -0.39 is 0 Å². The first-order valence-electron chi connectivity index (χ1n) is 7.25. The van der Waals surface area contributed by atoms with Gasteiger partial charge in [-0.1, -0.05) is 22.0 Å². The predicted octanol–water partition coefficient (Wildman–Crippen LogP) is 2.51. The lowest BCUT2D eigenvalue weighted by atomic mass is 10.1. The maximum absolute atomic E-state index is 13.8. The first-order chi connectivity index (χ1) is 10.1. The first-order valence-corrected chi connectivity index (χ1v) is 8.04. The molecule has 1 fully saturated rings. The third-order valence-electron chi connectivity index (χ3n) is 3.51. The van der Waals surface area contributed by atoms with Gasteiger partial charge in [0.1, 0.15) is 5.82 Å². The second kappa shape index (κ2) is 7.75. The van der Waals surface area contributed by atoms with E-state index in [-0.39, 0.29) is 11.9 Å². The van der Waals surface area contributed by atoms with Crippen LogP contribution in [-0.4, -0.2) is 41.7 Å². The van der Waals surface area contributed by atoms with Gasteiger partial charge < -0.3 is 15.3 Å². The van der Waals surface area contributed by atoms with Crippen LogP contribution in [0.2, 0.25) is 0 Å². The fourth-order valence-corrected chi connectivity index (χ4v) is 2.65. The first kappa shape index (κ1) is 16.2. The maximum Gasteiger partial charge on any atom is 0.194 e. The Bertz CT molecular complexity index is 502. The van der Waals surface area contributed by atoms with Gasteiger partial charge in [0.15, 0.2) is 5.96 Å². The number of benzene rings is 1. The zero-order valence-corrected chi connectivity index (χ0v) is 13.7. The van der Waals surface area contributed by atoms with Crippen LogP contribution in [0.1, 0.15) is 25.3 Å². The van der Waals surface area contributed by atoms with Crippen LogP contribution in [0, 0.1) is 5.82 Å². The standard InChI is InChI=1S/C15H21BrFN3O/c1-2-18-15(20-7-5-13(21)6-8-20)19-10-11-3-4-12(16)9-14(11)17/h3-4,9,13,21H,2,5-8,10H2,1H3,(H,18,19). The number of halogens is 2. The second-order valence-electron chi connectivity index (χ2n) is 5.12. The molecular weight excluding hydrogens is 337 g/mol. The minimum Gasteiger partial charge on any atom is -0.393 e. The molecule has 6 heteroatoms. The van der Waals surface area contributed by atoms with Gasteiger partial charge in [-0.3, -0.25) is 0 Å². The molecule has 0 spiro atoms. The van der Waals surface area contributed by atoms with Crippen molar-refractivity contribution in [3.63, 3.8) is 0 Å². The Kier molecular flexibility index (Phi) is 5.99. The lowest BCUT2D eigenvalue weighted by molar-refractivity contribution is 0.108. The third kappa shape index (κ3) is 4.68. The molecule has 0 aromatic heterocycles. The molecule has 0 unspecified atom stereocenters. The van der Waals surface area contributed by atoms with Crippen molar-refractivity contribution in [1.82, 2.24) is 10.2 Å². The number of hydrogen-bond acceptors (Lipinski definition) is 2. The summed E-state index contributed by atoms with van der Waals surface area (Å²) in [5.41, 5.74) is 0.575. The molecule has 0 radical (unpaired) electrons. The van der Waals surface area contributed by atoms with E-state index in [0.29, 0.717) is 12.1 Å². The molecule has 0 amide bonds. The van der Waals surface area contributed by atoms with E-state index in [1.54, 1.807) is 6.07 Å². The van der Waals surface area contributed by atoms with Gasteiger partial charge in [0.25, 0.3) is 0 Å². The summed E-state index contributed by atoms with van der Waals surface area (Å²) >= 11 is 3.25. The van der Waals surface area contributed by atoms with E-state index in [4.69, 9.17) is 0 Å². The summed E-state index contributed by atoms with van der Waals surface area (Å²) in [5, 5.41) is 12.8. The Hall–Kier alpha value is -1.14. The molecule has 1 saturated heterocycles.